The van der Waals surface area contributed by atoms with Gasteiger partial charge in [-0.1, -0.05) is 30.7 Å². The lowest BCUT2D eigenvalue weighted by Gasteiger charge is -2.21. The number of rotatable bonds is 0. The number of allylic oxidation sites excluding steroid dienone is 2. The fraction of sp³-hybridized carbons (Fsp3) is 0.286. The van der Waals surface area contributed by atoms with Crippen molar-refractivity contribution in [2.75, 3.05) is 0 Å². The van der Waals surface area contributed by atoms with Crippen LogP contribution in [0.25, 0.3) is 15.7 Å². The van der Waals surface area contributed by atoms with Crippen LogP contribution >= 0.6 is 11.3 Å². The highest BCUT2D eigenvalue weighted by atomic mass is 32.1. The summed E-state index contributed by atoms with van der Waals surface area (Å²) in [6.07, 6.45) is 0. The first-order valence-electron chi connectivity index (χ1n) is 5.49. The Morgan fingerprint density at radius 1 is 1.19 bits per heavy atom. The molecule has 1 aliphatic carbocycles. The lowest BCUT2D eigenvalue weighted by molar-refractivity contribution is 0.828. The number of hydrogen-bond donors (Lipinski definition) is 0. The van der Waals surface area contributed by atoms with Crippen molar-refractivity contribution in [2.24, 2.45) is 0 Å². The normalized spacial score (nSPS) is 24.2. The molecule has 0 saturated heterocycles. The van der Waals surface area contributed by atoms with Crippen LogP contribution in [0.4, 0.5) is 0 Å². The highest BCUT2D eigenvalue weighted by molar-refractivity contribution is 7.20. The number of thiophene rings is 1. The summed E-state index contributed by atoms with van der Waals surface area (Å²) >= 11 is 1.91. The topological polar surface area (TPSA) is 0 Å². The average molecular weight is 241 g/mol. The fourth-order valence-corrected chi connectivity index (χ4v) is 4.45. The minimum absolute atomic E-state index is 0.0129. The van der Waals surface area contributed by atoms with Crippen molar-refractivity contribution < 1.29 is 0 Å². The van der Waals surface area contributed by atoms with Crippen LogP contribution < -0.4 is 0 Å². The minimum atomic E-state index is 0.0129. The zero-order valence-electron chi connectivity index (χ0n) is 9.72. The van der Waals surface area contributed by atoms with Gasteiger partial charge < -0.3 is 0 Å². The van der Waals surface area contributed by atoms with E-state index in [-0.39, 0.29) is 5.04 Å². The molecule has 16 heavy (non-hydrogen) atoms. The van der Waals surface area contributed by atoms with Crippen LogP contribution in [-0.2, 0) is 5.04 Å². The van der Waals surface area contributed by atoms with E-state index in [1.165, 1.54) is 31.7 Å². The molecular formula is C14H13SSi. The molecule has 1 aromatic carbocycles. The van der Waals surface area contributed by atoms with Crippen molar-refractivity contribution in [1.82, 2.24) is 0 Å². The highest BCUT2D eigenvalue weighted by Gasteiger charge is 2.36. The van der Waals surface area contributed by atoms with E-state index in [1.807, 2.05) is 11.3 Å². The lowest BCUT2D eigenvalue weighted by atomic mass is 9.96. The molecule has 1 aromatic heterocycles. The van der Waals surface area contributed by atoms with Gasteiger partial charge in [0.1, 0.15) is 0 Å². The molecule has 0 amide bonds. The monoisotopic (exact) mass is 241 g/mol. The molecule has 0 nitrogen and oxygen atoms in total. The van der Waals surface area contributed by atoms with E-state index in [2.05, 4.69) is 55.3 Å². The third-order valence-corrected chi connectivity index (χ3v) is 5.66. The second-order valence-corrected chi connectivity index (χ2v) is 6.73. The van der Waals surface area contributed by atoms with E-state index in [0.29, 0.717) is 0 Å². The largest absolute Gasteiger partial charge is 0.135 e. The quantitative estimate of drug-likeness (QED) is 0.609. The molecule has 1 heterocycles. The van der Waals surface area contributed by atoms with Gasteiger partial charge in [-0.15, -0.1) is 11.3 Å². The molecule has 0 aliphatic heterocycles. The van der Waals surface area contributed by atoms with E-state index in [4.69, 9.17) is 0 Å². The van der Waals surface area contributed by atoms with Gasteiger partial charge in [-0.05, 0) is 36.4 Å². The Balaban J connectivity index is 2.46. The van der Waals surface area contributed by atoms with E-state index in [1.54, 1.807) is 0 Å². The fourth-order valence-electron chi connectivity index (χ4n) is 2.54. The Kier molecular flexibility index (Phi) is 1.98. The van der Waals surface area contributed by atoms with Crippen LogP contribution in [0.1, 0.15) is 31.2 Å². The summed E-state index contributed by atoms with van der Waals surface area (Å²) in [6.45, 7) is 6.71. The van der Waals surface area contributed by atoms with Crippen LogP contribution in [0.5, 0.6) is 0 Å². The van der Waals surface area contributed by atoms with Gasteiger partial charge in [-0.3, -0.25) is 0 Å². The predicted molar refractivity (Wildman–Crippen MR) is 73.2 cm³/mol. The molecule has 1 aliphatic rings. The molecule has 3 radical (unpaired) electrons. The molecule has 0 saturated carbocycles. The molecule has 2 heteroatoms. The molecule has 0 fully saturated rings. The van der Waals surface area contributed by atoms with Gasteiger partial charge in [-0.25, -0.2) is 0 Å². The first-order chi connectivity index (χ1) is 7.53. The van der Waals surface area contributed by atoms with Gasteiger partial charge in [0, 0.05) is 24.9 Å². The van der Waals surface area contributed by atoms with Crippen molar-refractivity contribution >= 4 is 37.2 Å². The summed E-state index contributed by atoms with van der Waals surface area (Å²) < 4.78 is 1.39. The molecule has 0 bridgehead atoms. The highest BCUT2D eigenvalue weighted by Crippen LogP contribution is 2.51. The van der Waals surface area contributed by atoms with Crippen LogP contribution in [-0.4, -0.2) is 10.2 Å². The van der Waals surface area contributed by atoms with Crippen molar-refractivity contribution in [3.8, 4) is 0 Å². The zero-order chi connectivity index (χ0) is 11.5. The first-order valence-corrected chi connectivity index (χ1v) is 6.80. The Bertz CT molecular complexity index is 617. The molecule has 1 unspecified atom stereocenters. The van der Waals surface area contributed by atoms with Crippen molar-refractivity contribution in [1.29, 1.82) is 0 Å². The maximum Gasteiger partial charge on any atom is 0.0436 e. The second kappa shape index (κ2) is 3.08. The molecule has 3 rings (SSSR count). The Morgan fingerprint density at radius 2 is 1.88 bits per heavy atom. The molecule has 79 valence electrons. The number of benzene rings is 1. The van der Waals surface area contributed by atoms with Gasteiger partial charge >= 0.3 is 0 Å². The SMILES string of the molecule is CC1=C(C)C(C)([Si])c2c1sc1ccccc21. The summed E-state index contributed by atoms with van der Waals surface area (Å²) in [5, 5.41) is 1.41. The summed E-state index contributed by atoms with van der Waals surface area (Å²) in [5.41, 5.74) is 4.34. The Hall–Kier alpha value is -0.863. The van der Waals surface area contributed by atoms with E-state index in [0.717, 1.165) is 0 Å². The van der Waals surface area contributed by atoms with Gasteiger partial charge in [0.15, 0.2) is 0 Å². The smallest absolute Gasteiger partial charge is 0.0436 e. The number of hydrogen-bond acceptors (Lipinski definition) is 1. The second-order valence-electron chi connectivity index (χ2n) is 4.68. The van der Waals surface area contributed by atoms with Crippen molar-refractivity contribution in [3.05, 3.63) is 40.3 Å². The molecule has 0 spiro atoms. The lowest BCUT2D eigenvalue weighted by Crippen LogP contribution is -2.20. The maximum atomic E-state index is 3.95. The third kappa shape index (κ3) is 1.09. The van der Waals surface area contributed by atoms with Gasteiger partial charge in [0.25, 0.3) is 0 Å². The summed E-state index contributed by atoms with van der Waals surface area (Å²) in [7, 11) is 3.95. The predicted octanol–water partition coefficient (Wildman–Crippen LogP) is 4.09. The summed E-state index contributed by atoms with van der Waals surface area (Å²) in [6, 6.07) is 8.68. The third-order valence-electron chi connectivity index (χ3n) is 3.75. The minimum Gasteiger partial charge on any atom is -0.135 e. The van der Waals surface area contributed by atoms with Gasteiger partial charge in [0.05, 0.1) is 0 Å². The maximum absolute atomic E-state index is 3.95. The summed E-state index contributed by atoms with van der Waals surface area (Å²) in [5.74, 6) is 0. The summed E-state index contributed by atoms with van der Waals surface area (Å²) in [4.78, 5) is 1.45. The first kappa shape index (κ1) is 10.3. The standard InChI is InChI=1S/C14H13SSi/c1-8-9(2)14(3,16)12-10-6-4-5-7-11(10)15-13(8)12/h4-7H,1-3H3. The van der Waals surface area contributed by atoms with Gasteiger partial charge in [-0.2, -0.15) is 0 Å². The van der Waals surface area contributed by atoms with Crippen LogP contribution in [0.15, 0.2) is 29.8 Å². The Morgan fingerprint density at radius 3 is 2.62 bits per heavy atom. The van der Waals surface area contributed by atoms with Crippen LogP contribution in [0.2, 0.25) is 0 Å². The molecule has 1 atom stereocenters. The van der Waals surface area contributed by atoms with E-state index in [9.17, 15) is 0 Å². The van der Waals surface area contributed by atoms with Crippen molar-refractivity contribution in [2.45, 2.75) is 25.8 Å². The van der Waals surface area contributed by atoms with Crippen LogP contribution in [0, 0.1) is 0 Å². The van der Waals surface area contributed by atoms with E-state index >= 15 is 0 Å². The zero-order valence-corrected chi connectivity index (χ0v) is 11.5. The molecular weight excluding hydrogens is 228 g/mol. The Labute approximate surface area is 103 Å². The van der Waals surface area contributed by atoms with Crippen molar-refractivity contribution in [3.63, 3.8) is 0 Å². The molecule has 0 N–H and O–H groups in total. The number of fused-ring (bicyclic) bond motifs is 3. The van der Waals surface area contributed by atoms with E-state index < -0.39 is 0 Å². The van der Waals surface area contributed by atoms with Gasteiger partial charge in [0.2, 0.25) is 0 Å². The molecule has 2 aromatic rings. The average Bonchev–Trinajstić information content (AvgIpc) is 2.72. The van der Waals surface area contributed by atoms with Crippen LogP contribution in [0.3, 0.4) is 0 Å².